The zero-order chi connectivity index (χ0) is 34.8. The molecule has 0 saturated heterocycles. The molecule has 0 aliphatic rings. The second kappa shape index (κ2) is 13.5. The number of nitrogens with one attached hydrogen (secondary N) is 1. The van der Waals surface area contributed by atoms with Gasteiger partial charge in [-0.25, -0.2) is 9.18 Å². The van der Waals surface area contributed by atoms with Gasteiger partial charge in [0.15, 0.2) is 0 Å². The Hall–Kier alpha value is -5.23. The number of rotatable bonds is 10. The maximum Gasteiger partial charge on any atom is 0.408 e. The molecule has 1 heterocycles. The van der Waals surface area contributed by atoms with Crippen molar-refractivity contribution in [3.63, 3.8) is 0 Å². The fourth-order valence-corrected chi connectivity index (χ4v) is 6.49. The maximum atomic E-state index is 16.3. The number of alkyl carbamates (subject to hydrolysis) is 1. The van der Waals surface area contributed by atoms with Gasteiger partial charge in [0, 0.05) is 27.6 Å². The van der Waals surface area contributed by atoms with Gasteiger partial charge in [0.2, 0.25) is 0 Å². The fourth-order valence-electron chi connectivity index (χ4n) is 5.23. The Morgan fingerprint density at radius 1 is 1.00 bits per heavy atom. The number of hydrogen-bond donors (Lipinski definition) is 2. The lowest BCUT2D eigenvalue weighted by molar-refractivity contribution is -0.136. The number of ether oxygens (including phenoxy) is 2. The second-order valence-corrected chi connectivity index (χ2v) is 14.2. The average Bonchev–Trinajstić information content (AvgIpc) is 3.45. The van der Waals surface area contributed by atoms with E-state index in [4.69, 9.17) is 9.47 Å². The molecule has 0 radical (unpaired) electrons. The summed E-state index contributed by atoms with van der Waals surface area (Å²) in [6.07, 6.45) is 0.451. The van der Waals surface area contributed by atoms with Crippen LogP contribution in [0.2, 0.25) is 0 Å². The Kier molecular flexibility index (Phi) is 9.58. The number of carboxylic acid groups (broad SMARTS) is 1. The van der Waals surface area contributed by atoms with E-state index in [1.54, 1.807) is 94.4 Å². The van der Waals surface area contributed by atoms with Crippen LogP contribution in [-0.4, -0.2) is 40.4 Å². The number of nitrogens with zero attached hydrogens (tertiary/aromatic N) is 2. The van der Waals surface area contributed by atoms with Crippen molar-refractivity contribution in [2.45, 2.75) is 64.2 Å². The summed E-state index contributed by atoms with van der Waals surface area (Å²) in [4.78, 5) is 23.9. The summed E-state index contributed by atoms with van der Waals surface area (Å²) < 4.78 is 56.2. The molecule has 10 nitrogen and oxygen atoms in total. The number of aromatic nitrogens is 2. The summed E-state index contributed by atoms with van der Waals surface area (Å²) in [5, 5.41) is 16.7. The highest BCUT2D eigenvalue weighted by Gasteiger charge is 2.25. The molecule has 0 aliphatic heterocycles. The topological polar surface area (TPSA) is 137 Å². The summed E-state index contributed by atoms with van der Waals surface area (Å²) in [6.45, 7) is 8.56. The minimum absolute atomic E-state index is 0.0270. The molecule has 5 rings (SSSR count). The van der Waals surface area contributed by atoms with E-state index in [2.05, 4.69) is 10.4 Å². The monoisotopic (exact) mass is 673 g/mol. The molecule has 5 aromatic rings. The van der Waals surface area contributed by atoms with E-state index in [9.17, 15) is 23.1 Å². The summed E-state index contributed by atoms with van der Waals surface area (Å²) in [7, 11) is -4.16. The zero-order valence-electron chi connectivity index (χ0n) is 27.2. The van der Waals surface area contributed by atoms with Crippen LogP contribution in [0.15, 0.2) is 90.0 Å². The summed E-state index contributed by atoms with van der Waals surface area (Å²) in [6, 6.07) is 20.3. The number of aryl methyl sites for hydroxylation is 1. The maximum absolute atomic E-state index is 16.3. The van der Waals surface area contributed by atoms with Gasteiger partial charge in [0.1, 0.15) is 23.8 Å². The molecule has 1 amide bonds. The Balaban J connectivity index is 1.61. The lowest BCUT2D eigenvalue weighted by atomic mass is 9.96. The predicted octanol–water partition coefficient (Wildman–Crippen LogP) is 7.18. The van der Waals surface area contributed by atoms with E-state index in [1.165, 1.54) is 18.3 Å². The van der Waals surface area contributed by atoms with Crippen LogP contribution >= 0.6 is 0 Å². The van der Waals surface area contributed by atoms with Crippen LogP contribution in [-0.2, 0) is 32.6 Å². The molecule has 250 valence electrons. The molecule has 2 N–H and O–H groups in total. The van der Waals surface area contributed by atoms with Crippen molar-refractivity contribution in [3.05, 3.63) is 113 Å². The molecule has 1 unspecified atom stereocenters. The highest BCUT2D eigenvalue weighted by Crippen LogP contribution is 2.34. The predicted molar refractivity (Wildman–Crippen MR) is 179 cm³/mol. The molecule has 1 atom stereocenters. The Labute approximate surface area is 278 Å². The quantitative estimate of drug-likeness (QED) is 0.159. The van der Waals surface area contributed by atoms with Crippen molar-refractivity contribution < 1.29 is 37.0 Å². The number of carbonyl (C=O) groups excluding carboxylic acids is 1. The van der Waals surface area contributed by atoms with E-state index < -0.39 is 39.5 Å². The van der Waals surface area contributed by atoms with Gasteiger partial charge in [-0.15, -0.1) is 0 Å². The van der Waals surface area contributed by atoms with E-state index in [-0.39, 0.29) is 34.6 Å². The first-order valence-corrected chi connectivity index (χ1v) is 16.6. The molecule has 0 aliphatic carbocycles. The van der Waals surface area contributed by atoms with E-state index in [1.807, 2.05) is 6.92 Å². The van der Waals surface area contributed by atoms with Crippen molar-refractivity contribution in [1.29, 1.82) is 0 Å². The number of aliphatic carboxylic acids is 1. The number of fused-ring (bicyclic) bond motifs is 1. The lowest BCUT2D eigenvalue weighted by Crippen LogP contribution is -2.34. The first-order valence-electron chi connectivity index (χ1n) is 15.2. The van der Waals surface area contributed by atoms with Gasteiger partial charge in [-0.1, -0.05) is 54.1 Å². The average molecular weight is 674 g/mol. The van der Waals surface area contributed by atoms with Crippen LogP contribution in [0.4, 0.5) is 9.18 Å². The van der Waals surface area contributed by atoms with Crippen LogP contribution < -0.4 is 10.1 Å². The molecular weight excluding hydrogens is 637 g/mol. The standard InChI is InChI=1S/C36H36FN3O7S/c1-22-13-15-27(16-14-22)48(44,45)40-31-18-25(29-11-8-10-28(34(29)37)23(2)39-35(43)47-36(3,4)5)17-26(30(31)20-38-40)21-46-32-12-7-6-9-24(32)19-33(41)42/h6-18,20,23H,19,21H2,1-5H3,(H,39,43)(H,41,42). The number of halogens is 1. The van der Waals surface area contributed by atoms with Gasteiger partial charge in [-0.2, -0.15) is 17.6 Å². The van der Waals surface area contributed by atoms with Gasteiger partial charge in [-0.3, -0.25) is 4.79 Å². The third kappa shape index (κ3) is 7.49. The van der Waals surface area contributed by atoms with Crippen LogP contribution in [0, 0.1) is 12.7 Å². The molecule has 4 aromatic carbocycles. The number of hydrogen-bond acceptors (Lipinski definition) is 7. The van der Waals surface area contributed by atoms with Crippen LogP contribution in [0.1, 0.15) is 56.0 Å². The van der Waals surface area contributed by atoms with Crippen molar-refractivity contribution in [2.75, 3.05) is 0 Å². The van der Waals surface area contributed by atoms with Crippen molar-refractivity contribution in [3.8, 4) is 16.9 Å². The number of carboxylic acids is 1. The Bertz CT molecular complexity index is 2100. The fraction of sp³-hybridized carbons (Fsp3) is 0.250. The first kappa shape index (κ1) is 34.1. The summed E-state index contributed by atoms with van der Waals surface area (Å²) >= 11 is 0. The molecule has 48 heavy (non-hydrogen) atoms. The summed E-state index contributed by atoms with van der Waals surface area (Å²) in [5.74, 6) is -1.30. The molecule has 0 spiro atoms. The lowest BCUT2D eigenvalue weighted by Gasteiger charge is -2.22. The highest BCUT2D eigenvalue weighted by molar-refractivity contribution is 7.90. The molecule has 1 aromatic heterocycles. The normalized spacial score (nSPS) is 12.5. The van der Waals surface area contributed by atoms with Crippen molar-refractivity contribution >= 4 is 33.0 Å². The minimum Gasteiger partial charge on any atom is -0.489 e. The Morgan fingerprint density at radius 2 is 1.71 bits per heavy atom. The minimum atomic E-state index is -4.16. The number of amides is 1. The molecule has 0 saturated carbocycles. The molecule has 0 bridgehead atoms. The second-order valence-electron chi connectivity index (χ2n) is 12.4. The molecular formula is C36H36FN3O7S. The smallest absolute Gasteiger partial charge is 0.408 e. The van der Waals surface area contributed by atoms with Crippen LogP contribution in [0.3, 0.4) is 0 Å². The van der Waals surface area contributed by atoms with Gasteiger partial charge in [0.05, 0.1) is 29.1 Å². The highest BCUT2D eigenvalue weighted by atomic mass is 32.2. The van der Waals surface area contributed by atoms with E-state index >= 15 is 4.39 Å². The summed E-state index contributed by atoms with van der Waals surface area (Å²) in [5.41, 5.74) is 1.96. The number of benzene rings is 4. The van der Waals surface area contributed by atoms with Crippen LogP contribution in [0.25, 0.3) is 22.0 Å². The van der Waals surface area contributed by atoms with Gasteiger partial charge < -0.3 is 19.9 Å². The SMILES string of the molecule is Cc1ccc(S(=O)(=O)n2ncc3c(COc4ccccc4CC(=O)O)cc(-c4cccc(C(C)NC(=O)OC(C)(C)C)c4F)cc32)cc1. The van der Waals surface area contributed by atoms with Crippen molar-refractivity contribution in [2.24, 2.45) is 0 Å². The van der Waals surface area contributed by atoms with Crippen molar-refractivity contribution in [1.82, 2.24) is 14.5 Å². The third-order valence-corrected chi connectivity index (χ3v) is 9.14. The van der Waals surface area contributed by atoms with E-state index in [0.717, 1.165) is 9.65 Å². The molecule has 0 fully saturated rings. The van der Waals surface area contributed by atoms with Gasteiger partial charge in [-0.05, 0) is 70.5 Å². The van der Waals surface area contributed by atoms with Gasteiger partial charge in [0.25, 0.3) is 10.0 Å². The largest absolute Gasteiger partial charge is 0.489 e. The zero-order valence-corrected chi connectivity index (χ0v) is 28.0. The third-order valence-electron chi connectivity index (χ3n) is 7.52. The van der Waals surface area contributed by atoms with E-state index in [0.29, 0.717) is 27.8 Å². The number of carbonyl (C=O) groups is 2. The Morgan fingerprint density at radius 3 is 2.40 bits per heavy atom. The number of para-hydroxylation sites is 1. The van der Waals surface area contributed by atoms with Gasteiger partial charge >= 0.3 is 12.1 Å². The molecule has 12 heteroatoms. The van der Waals surface area contributed by atoms with Crippen LogP contribution in [0.5, 0.6) is 5.75 Å². The first-order chi connectivity index (χ1) is 22.6.